The molecule has 1 amide bonds. The molecule has 144 valence electrons. The smallest absolute Gasteiger partial charge is 0.245 e. The molecule has 3 atom stereocenters. The number of H-pyrrole nitrogens is 1. The van der Waals surface area contributed by atoms with E-state index in [-0.39, 0.29) is 24.2 Å². The molecule has 2 saturated heterocycles. The Morgan fingerprint density at radius 1 is 1.26 bits per heavy atom. The van der Waals surface area contributed by atoms with Crippen LogP contribution in [0, 0.1) is 0 Å². The lowest BCUT2D eigenvalue weighted by Gasteiger charge is -2.38. The van der Waals surface area contributed by atoms with E-state index in [0.29, 0.717) is 18.2 Å². The molecule has 27 heavy (non-hydrogen) atoms. The average molecular weight is 371 g/mol. The van der Waals surface area contributed by atoms with Crippen molar-refractivity contribution in [1.82, 2.24) is 20.1 Å². The molecular weight excluding hydrogens is 346 g/mol. The summed E-state index contributed by atoms with van der Waals surface area (Å²) in [7, 11) is 1.58. The molecule has 2 aromatic rings. The largest absolute Gasteiger partial charge is 0.480 e. The second-order valence-corrected chi connectivity index (χ2v) is 7.22. The van der Waals surface area contributed by atoms with Crippen LogP contribution in [-0.2, 0) is 9.53 Å². The van der Waals surface area contributed by atoms with Crippen molar-refractivity contribution in [2.45, 2.75) is 38.5 Å². The second kappa shape index (κ2) is 7.28. The van der Waals surface area contributed by atoms with Crippen molar-refractivity contribution >= 4 is 11.7 Å². The first kappa shape index (κ1) is 17.9. The Labute approximate surface area is 158 Å². The van der Waals surface area contributed by atoms with E-state index in [4.69, 9.17) is 9.47 Å². The number of pyridine rings is 1. The van der Waals surface area contributed by atoms with E-state index < -0.39 is 0 Å². The molecule has 0 radical (unpaired) electrons. The van der Waals surface area contributed by atoms with Crippen molar-refractivity contribution in [3.63, 3.8) is 0 Å². The lowest BCUT2D eigenvalue weighted by atomic mass is 10.1. The quantitative estimate of drug-likeness (QED) is 0.881. The van der Waals surface area contributed by atoms with Gasteiger partial charge in [-0.1, -0.05) is 0 Å². The van der Waals surface area contributed by atoms with Crippen LogP contribution in [0.5, 0.6) is 5.88 Å². The van der Waals surface area contributed by atoms with Crippen LogP contribution in [0.3, 0.4) is 0 Å². The fourth-order valence-corrected chi connectivity index (χ4v) is 4.06. The molecule has 8 heteroatoms. The summed E-state index contributed by atoms with van der Waals surface area (Å²) < 4.78 is 11.3. The number of methoxy groups -OCH3 is 1. The molecule has 1 N–H and O–H groups in total. The summed E-state index contributed by atoms with van der Waals surface area (Å²) >= 11 is 0. The van der Waals surface area contributed by atoms with Crippen LogP contribution in [0.25, 0.3) is 11.1 Å². The molecule has 4 rings (SSSR count). The summed E-state index contributed by atoms with van der Waals surface area (Å²) in [6, 6.07) is 3.68. The van der Waals surface area contributed by atoms with Crippen molar-refractivity contribution < 1.29 is 14.3 Å². The van der Waals surface area contributed by atoms with Crippen LogP contribution in [0.2, 0.25) is 0 Å². The molecule has 3 unspecified atom stereocenters. The lowest BCUT2D eigenvalue weighted by molar-refractivity contribution is -0.127. The van der Waals surface area contributed by atoms with Crippen LogP contribution in [-0.4, -0.2) is 71.0 Å². The highest BCUT2D eigenvalue weighted by atomic mass is 16.5. The van der Waals surface area contributed by atoms with Gasteiger partial charge < -0.3 is 9.47 Å². The van der Waals surface area contributed by atoms with Gasteiger partial charge in [0.05, 0.1) is 31.6 Å². The third-order valence-corrected chi connectivity index (χ3v) is 5.19. The van der Waals surface area contributed by atoms with Crippen LogP contribution < -0.4 is 9.64 Å². The standard InChI is InChI=1S/C19H25N5O3/c1-12-10-23(11-13(2)27-12)16-6-7-24(19(16)25)17-5-4-15(18(22-17)26-3)14-8-20-21-9-14/h4-5,8-9,12-13,16H,6-7,10-11H2,1-3H3,(H,20,21). The summed E-state index contributed by atoms with van der Waals surface area (Å²) in [6.45, 7) is 6.34. The number of hydrogen-bond donors (Lipinski definition) is 1. The summed E-state index contributed by atoms with van der Waals surface area (Å²) in [4.78, 5) is 21.7. The number of carbonyl (C=O) groups is 1. The molecule has 4 heterocycles. The number of carbonyl (C=O) groups excluding carboxylic acids is 1. The Kier molecular flexibility index (Phi) is 4.84. The van der Waals surface area contributed by atoms with E-state index in [0.717, 1.165) is 30.6 Å². The number of aromatic amines is 1. The third kappa shape index (κ3) is 3.42. The first-order valence-electron chi connectivity index (χ1n) is 9.32. The Morgan fingerprint density at radius 2 is 2.04 bits per heavy atom. The van der Waals surface area contributed by atoms with Crippen LogP contribution in [0.15, 0.2) is 24.5 Å². The number of amides is 1. The molecule has 2 aliphatic heterocycles. The van der Waals surface area contributed by atoms with Gasteiger partial charge in [0.1, 0.15) is 5.82 Å². The fraction of sp³-hybridized carbons (Fsp3) is 0.526. The molecule has 0 saturated carbocycles. The summed E-state index contributed by atoms with van der Waals surface area (Å²) in [6.07, 6.45) is 4.59. The van der Waals surface area contributed by atoms with Gasteiger partial charge in [-0.2, -0.15) is 10.1 Å². The van der Waals surface area contributed by atoms with Gasteiger partial charge in [-0.05, 0) is 32.4 Å². The predicted molar refractivity (Wildman–Crippen MR) is 101 cm³/mol. The zero-order valence-corrected chi connectivity index (χ0v) is 15.9. The molecule has 8 nitrogen and oxygen atoms in total. The molecule has 0 aliphatic carbocycles. The maximum absolute atomic E-state index is 13.1. The minimum atomic E-state index is -0.111. The van der Waals surface area contributed by atoms with E-state index in [1.807, 2.05) is 12.1 Å². The first-order valence-corrected chi connectivity index (χ1v) is 9.32. The van der Waals surface area contributed by atoms with Crippen molar-refractivity contribution in [2.24, 2.45) is 0 Å². The molecule has 0 bridgehead atoms. The van der Waals surface area contributed by atoms with Gasteiger partial charge in [0, 0.05) is 37.0 Å². The van der Waals surface area contributed by atoms with Gasteiger partial charge in [-0.3, -0.25) is 19.7 Å². The maximum atomic E-state index is 13.1. The van der Waals surface area contributed by atoms with Crippen molar-refractivity contribution in [3.8, 4) is 17.0 Å². The first-order chi connectivity index (χ1) is 13.1. The van der Waals surface area contributed by atoms with Gasteiger partial charge in [0.25, 0.3) is 0 Å². The van der Waals surface area contributed by atoms with E-state index in [1.165, 1.54) is 0 Å². The Balaban J connectivity index is 1.55. The SMILES string of the molecule is COc1nc(N2CCC(N3CC(C)OC(C)C3)C2=O)ccc1-c1cn[nH]c1. The summed E-state index contributed by atoms with van der Waals surface area (Å²) in [5.41, 5.74) is 1.74. The number of anilines is 1. The van der Waals surface area contributed by atoms with Gasteiger partial charge in [0.2, 0.25) is 11.8 Å². The minimum absolute atomic E-state index is 0.0990. The van der Waals surface area contributed by atoms with Crippen molar-refractivity contribution in [3.05, 3.63) is 24.5 Å². The number of hydrogen-bond acceptors (Lipinski definition) is 6. The molecular formula is C19H25N5O3. The monoisotopic (exact) mass is 371 g/mol. The van der Waals surface area contributed by atoms with Crippen molar-refractivity contribution in [2.75, 3.05) is 31.6 Å². The van der Waals surface area contributed by atoms with E-state index >= 15 is 0 Å². The molecule has 2 fully saturated rings. The van der Waals surface area contributed by atoms with Crippen LogP contribution in [0.1, 0.15) is 20.3 Å². The van der Waals surface area contributed by atoms with E-state index in [9.17, 15) is 4.79 Å². The molecule has 2 aliphatic rings. The van der Waals surface area contributed by atoms with E-state index in [2.05, 4.69) is 33.9 Å². The van der Waals surface area contributed by atoms with Gasteiger partial charge in [0.15, 0.2) is 0 Å². The van der Waals surface area contributed by atoms with Gasteiger partial charge in [-0.15, -0.1) is 0 Å². The highest BCUT2D eigenvalue weighted by molar-refractivity contribution is 5.99. The predicted octanol–water partition coefficient (Wildman–Crippen LogP) is 1.69. The van der Waals surface area contributed by atoms with E-state index in [1.54, 1.807) is 24.4 Å². The zero-order chi connectivity index (χ0) is 19.0. The third-order valence-electron chi connectivity index (χ3n) is 5.19. The lowest BCUT2D eigenvalue weighted by Crippen LogP contribution is -2.52. The van der Waals surface area contributed by atoms with Gasteiger partial charge in [-0.25, -0.2) is 0 Å². The number of nitrogens with one attached hydrogen (secondary N) is 1. The molecule has 2 aromatic heterocycles. The molecule has 0 aromatic carbocycles. The topological polar surface area (TPSA) is 83.6 Å². The Bertz CT molecular complexity index is 800. The van der Waals surface area contributed by atoms with Crippen LogP contribution >= 0.6 is 0 Å². The number of rotatable bonds is 4. The molecule has 0 spiro atoms. The summed E-state index contributed by atoms with van der Waals surface area (Å²) in [5, 5.41) is 6.76. The number of nitrogens with zero attached hydrogens (tertiary/aromatic N) is 4. The highest BCUT2D eigenvalue weighted by Gasteiger charge is 2.40. The minimum Gasteiger partial charge on any atom is -0.480 e. The van der Waals surface area contributed by atoms with Gasteiger partial charge >= 0.3 is 0 Å². The van der Waals surface area contributed by atoms with Crippen LogP contribution in [0.4, 0.5) is 5.82 Å². The Morgan fingerprint density at radius 3 is 2.70 bits per heavy atom. The maximum Gasteiger partial charge on any atom is 0.245 e. The number of morpholine rings is 1. The highest BCUT2D eigenvalue weighted by Crippen LogP contribution is 2.32. The normalized spacial score (nSPS) is 26.6. The zero-order valence-electron chi connectivity index (χ0n) is 15.9. The number of aromatic nitrogens is 3. The van der Waals surface area contributed by atoms with Crippen molar-refractivity contribution in [1.29, 1.82) is 0 Å². The second-order valence-electron chi connectivity index (χ2n) is 7.22. The summed E-state index contributed by atoms with van der Waals surface area (Å²) in [5.74, 6) is 1.21. The number of ether oxygens (including phenoxy) is 2. The average Bonchev–Trinajstić information content (AvgIpc) is 3.30. The Hall–Kier alpha value is -2.45. The fourth-order valence-electron chi connectivity index (χ4n) is 4.06.